The third kappa shape index (κ3) is 4.60. The van der Waals surface area contributed by atoms with E-state index in [1.165, 1.54) is 6.08 Å². The van der Waals surface area contributed by atoms with Gasteiger partial charge in [-0.2, -0.15) is 0 Å². The lowest BCUT2D eigenvalue weighted by Gasteiger charge is -2.08. The van der Waals surface area contributed by atoms with E-state index >= 15 is 0 Å². The Balaban J connectivity index is 1.68. The maximum Gasteiger partial charge on any atom is 0.248 e. The first-order valence-electron chi connectivity index (χ1n) is 8.08. The maximum atomic E-state index is 12.2. The van der Waals surface area contributed by atoms with Gasteiger partial charge in [0.05, 0.1) is 0 Å². The zero-order valence-electron chi connectivity index (χ0n) is 13.8. The number of amides is 1. The number of furan rings is 1. The van der Waals surface area contributed by atoms with Crippen molar-refractivity contribution < 1.29 is 9.21 Å². The molecule has 25 heavy (non-hydrogen) atoms. The van der Waals surface area contributed by atoms with E-state index in [4.69, 9.17) is 4.42 Å². The van der Waals surface area contributed by atoms with Gasteiger partial charge >= 0.3 is 0 Å². The summed E-state index contributed by atoms with van der Waals surface area (Å²) in [4.78, 5) is 12.2. The Hall–Kier alpha value is -2.34. The molecule has 0 aliphatic heterocycles. The van der Waals surface area contributed by atoms with E-state index in [-0.39, 0.29) is 5.91 Å². The van der Waals surface area contributed by atoms with E-state index in [2.05, 4.69) is 40.9 Å². The van der Waals surface area contributed by atoms with Crippen molar-refractivity contribution >= 4 is 40.3 Å². The summed E-state index contributed by atoms with van der Waals surface area (Å²) in [6, 6.07) is 19.6. The van der Waals surface area contributed by atoms with Gasteiger partial charge in [-0.25, -0.2) is 0 Å². The highest BCUT2D eigenvalue weighted by molar-refractivity contribution is 14.1. The van der Waals surface area contributed by atoms with E-state index in [9.17, 15) is 4.79 Å². The zero-order chi connectivity index (χ0) is 17.6. The molecule has 1 heterocycles. The summed E-state index contributed by atoms with van der Waals surface area (Å²) in [5, 5.41) is 2.93. The van der Waals surface area contributed by atoms with Crippen molar-refractivity contribution in [3.05, 3.63) is 81.6 Å². The Morgan fingerprint density at radius 3 is 2.68 bits per heavy atom. The van der Waals surface area contributed by atoms with Crippen molar-refractivity contribution in [1.29, 1.82) is 0 Å². The van der Waals surface area contributed by atoms with Crippen LogP contribution in [0, 0.1) is 3.57 Å². The molecule has 1 amide bonds. The second-order valence-electron chi connectivity index (χ2n) is 5.55. The second-order valence-corrected chi connectivity index (χ2v) is 6.79. The summed E-state index contributed by atoms with van der Waals surface area (Å²) in [6.07, 6.45) is 4.04. The van der Waals surface area contributed by atoms with Crippen LogP contribution in [0.15, 0.2) is 71.2 Å². The SMILES string of the molecule is CCc1cc(I)ccc1NC(=O)/C=C/c1ccc(-c2ccccc2)o1. The predicted octanol–water partition coefficient (Wildman–Crippen LogP) is 5.77. The van der Waals surface area contributed by atoms with Crippen molar-refractivity contribution in [2.24, 2.45) is 0 Å². The van der Waals surface area contributed by atoms with Gasteiger partial charge in [-0.15, -0.1) is 0 Å². The number of hydrogen-bond donors (Lipinski definition) is 1. The molecule has 0 spiro atoms. The fourth-order valence-electron chi connectivity index (χ4n) is 2.51. The standard InChI is InChI=1S/C21H18INO2/c1-2-15-14-17(22)8-11-19(15)23-21(24)13-10-18-9-12-20(25-18)16-6-4-3-5-7-16/h3-14H,2H2,1H3,(H,23,24)/b13-10+. The monoisotopic (exact) mass is 443 g/mol. The minimum Gasteiger partial charge on any atom is -0.457 e. The van der Waals surface area contributed by atoms with E-state index in [1.54, 1.807) is 6.08 Å². The highest BCUT2D eigenvalue weighted by atomic mass is 127. The Bertz CT molecular complexity index is 897. The molecule has 0 atom stereocenters. The van der Waals surface area contributed by atoms with Crippen molar-refractivity contribution in [3.8, 4) is 11.3 Å². The maximum absolute atomic E-state index is 12.2. The van der Waals surface area contributed by atoms with Crippen molar-refractivity contribution in [3.63, 3.8) is 0 Å². The predicted molar refractivity (Wildman–Crippen MR) is 110 cm³/mol. The van der Waals surface area contributed by atoms with Gasteiger partial charge in [-0.1, -0.05) is 37.3 Å². The molecular weight excluding hydrogens is 425 g/mol. The van der Waals surface area contributed by atoms with Gasteiger partial charge in [-0.05, 0) is 71.0 Å². The highest BCUT2D eigenvalue weighted by Gasteiger charge is 2.05. The van der Waals surface area contributed by atoms with Gasteiger partial charge in [-0.3, -0.25) is 4.79 Å². The molecule has 4 heteroatoms. The first kappa shape index (κ1) is 17.5. The Kier molecular flexibility index (Phi) is 5.71. The zero-order valence-corrected chi connectivity index (χ0v) is 16.0. The van der Waals surface area contributed by atoms with Crippen molar-refractivity contribution in [1.82, 2.24) is 0 Å². The molecule has 2 aromatic carbocycles. The molecule has 3 rings (SSSR count). The fourth-order valence-corrected chi connectivity index (χ4v) is 3.06. The molecule has 0 aliphatic carbocycles. The molecule has 0 saturated heterocycles. The van der Waals surface area contributed by atoms with Crippen LogP contribution in [0.5, 0.6) is 0 Å². The Labute approximate surface area is 160 Å². The number of hydrogen-bond acceptors (Lipinski definition) is 2. The van der Waals surface area contributed by atoms with Crippen LogP contribution < -0.4 is 5.32 Å². The third-order valence-corrected chi connectivity index (χ3v) is 4.46. The van der Waals surface area contributed by atoms with E-state index in [0.717, 1.165) is 32.6 Å². The molecular formula is C21H18INO2. The number of rotatable bonds is 5. The van der Waals surface area contributed by atoms with Gasteiger partial charge in [0.25, 0.3) is 0 Å². The highest BCUT2D eigenvalue weighted by Crippen LogP contribution is 2.23. The summed E-state index contributed by atoms with van der Waals surface area (Å²) in [7, 11) is 0. The molecule has 1 N–H and O–H groups in total. The van der Waals surface area contributed by atoms with Crippen LogP contribution in [-0.2, 0) is 11.2 Å². The average Bonchev–Trinajstić information content (AvgIpc) is 3.11. The van der Waals surface area contributed by atoms with Crippen molar-refractivity contribution in [2.45, 2.75) is 13.3 Å². The lowest BCUT2D eigenvalue weighted by molar-refractivity contribution is -0.111. The van der Waals surface area contributed by atoms with Gasteiger partial charge < -0.3 is 9.73 Å². The van der Waals surface area contributed by atoms with Crippen molar-refractivity contribution in [2.75, 3.05) is 5.32 Å². The lowest BCUT2D eigenvalue weighted by Crippen LogP contribution is -2.09. The number of anilines is 1. The number of carbonyl (C=O) groups excluding carboxylic acids is 1. The van der Waals surface area contributed by atoms with Crippen LogP contribution in [0.1, 0.15) is 18.2 Å². The molecule has 0 saturated carbocycles. The first-order valence-corrected chi connectivity index (χ1v) is 9.16. The Morgan fingerprint density at radius 1 is 1.12 bits per heavy atom. The van der Waals surface area contributed by atoms with Gasteiger partial charge in [0.2, 0.25) is 5.91 Å². The molecule has 1 aromatic heterocycles. The number of benzene rings is 2. The summed E-state index contributed by atoms with van der Waals surface area (Å²) in [6.45, 7) is 2.07. The summed E-state index contributed by atoms with van der Waals surface area (Å²) < 4.78 is 6.92. The van der Waals surface area contributed by atoms with Crippen LogP contribution in [0.4, 0.5) is 5.69 Å². The molecule has 3 aromatic rings. The van der Waals surface area contributed by atoms with Gasteiger partial charge in [0.15, 0.2) is 0 Å². The number of carbonyl (C=O) groups is 1. The molecule has 0 aliphatic rings. The molecule has 126 valence electrons. The number of halogens is 1. The van der Waals surface area contributed by atoms with Crippen LogP contribution in [0.3, 0.4) is 0 Å². The summed E-state index contributed by atoms with van der Waals surface area (Å²) in [5.41, 5.74) is 2.98. The minimum absolute atomic E-state index is 0.173. The molecule has 0 unspecified atom stereocenters. The number of aryl methyl sites for hydroxylation is 1. The average molecular weight is 443 g/mol. The van der Waals surface area contributed by atoms with E-state index in [1.807, 2.05) is 54.6 Å². The largest absolute Gasteiger partial charge is 0.457 e. The molecule has 0 radical (unpaired) electrons. The minimum atomic E-state index is -0.173. The van der Waals surface area contributed by atoms with Crippen LogP contribution in [-0.4, -0.2) is 5.91 Å². The second kappa shape index (κ2) is 8.16. The van der Waals surface area contributed by atoms with Gasteiger partial charge in [0.1, 0.15) is 11.5 Å². The van der Waals surface area contributed by atoms with Crippen LogP contribution in [0.25, 0.3) is 17.4 Å². The van der Waals surface area contributed by atoms with Gasteiger partial charge in [0, 0.05) is 20.9 Å². The van der Waals surface area contributed by atoms with Crippen LogP contribution in [0.2, 0.25) is 0 Å². The first-order chi connectivity index (χ1) is 12.2. The Morgan fingerprint density at radius 2 is 1.92 bits per heavy atom. The summed E-state index contributed by atoms with van der Waals surface area (Å²) >= 11 is 2.27. The molecule has 3 nitrogen and oxygen atoms in total. The quantitative estimate of drug-likeness (QED) is 0.402. The molecule has 0 fully saturated rings. The topological polar surface area (TPSA) is 42.2 Å². The lowest BCUT2D eigenvalue weighted by atomic mass is 10.1. The van der Waals surface area contributed by atoms with Crippen LogP contribution >= 0.6 is 22.6 Å². The fraction of sp³-hybridized carbons (Fsp3) is 0.0952. The third-order valence-electron chi connectivity index (χ3n) is 3.79. The number of nitrogens with one attached hydrogen (secondary N) is 1. The van der Waals surface area contributed by atoms with E-state index in [0.29, 0.717) is 5.76 Å². The van der Waals surface area contributed by atoms with E-state index < -0.39 is 0 Å². The molecule has 0 bridgehead atoms. The summed E-state index contributed by atoms with van der Waals surface area (Å²) in [5.74, 6) is 1.26. The normalized spacial score (nSPS) is 11.0. The smallest absolute Gasteiger partial charge is 0.248 e.